The average Bonchev–Trinajstić information content (AvgIpc) is 3.57. The number of aliphatic hydroxyl groups is 1. The number of hydrogen-bond donors (Lipinski definition) is 1. The number of rotatable bonds is 15. The van der Waals surface area contributed by atoms with E-state index in [0.29, 0.717) is 38.8 Å². The van der Waals surface area contributed by atoms with Crippen molar-refractivity contribution in [1.29, 1.82) is 0 Å². The molecule has 6 atom stereocenters. The first kappa shape index (κ1) is 30.0. The Hall–Kier alpha value is -2.97. The maximum Gasteiger partial charge on any atom is 0.312 e. The third-order valence-corrected chi connectivity index (χ3v) is 9.06. The number of aliphatic hydroxyl groups excluding tert-OH is 1. The Bertz CT molecular complexity index is 1090. The molecule has 3 aliphatic rings. The van der Waals surface area contributed by atoms with Crippen molar-refractivity contribution in [2.45, 2.75) is 82.1 Å². The van der Waals surface area contributed by atoms with Crippen molar-refractivity contribution in [2.75, 3.05) is 26.3 Å². The van der Waals surface area contributed by atoms with E-state index in [4.69, 9.17) is 9.47 Å². The molecule has 1 aromatic rings. The van der Waals surface area contributed by atoms with E-state index in [-0.39, 0.29) is 25.0 Å². The second-order valence-electron chi connectivity index (χ2n) is 11.2. The highest BCUT2D eigenvalue weighted by Crippen LogP contribution is 2.65. The molecule has 2 amide bonds. The molecule has 4 rings (SSSR count). The van der Waals surface area contributed by atoms with Gasteiger partial charge in [0.2, 0.25) is 11.8 Å². The van der Waals surface area contributed by atoms with E-state index >= 15 is 0 Å². The zero-order valence-corrected chi connectivity index (χ0v) is 23.9. The van der Waals surface area contributed by atoms with Crippen LogP contribution in [0.5, 0.6) is 0 Å². The molecule has 0 aromatic heterocycles. The quantitative estimate of drug-likeness (QED) is 0.199. The van der Waals surface area contributed by atoms with Gasteiger partial charge in [0.25, 0.3) is 0 Å². The van der Waals surface area contributed by atoms with Crippen molar-refractivity contribution in [3.05, 3.63) is 61.2 Å². The van der Waals surface area contributed by atoms with E-state index in [1.54, 1.807) is 17.1 Å². The number of carbonyl (C=O) groups excluding carboxylic acids is 3. The number of esters is 1. The number of unbranched alkanes of at least 4 members (excludes halogenated alkanes) is 2. The molecule has 0 aliphatic carbocycles. The van der Waals surface area contributed by atoms with E-state index < -0.39 is 41.1 Å². The molecule has 2 bridgehead atoms. The zero-order valence-electron chi connectivity index (χ0n) is 23.9. The van der Waals surface area contributed by atoms with Crippen molar-refractivity contribution < 1.29 is 29.0 Å². The van der Waals surface area contributed by atoms with Gasteiger partial charge < -0.3 is 24.4 Å². The Morgan fingerprint density at radius 3 is 2.58 bits per heavy atom. The van der Waals surface area contributed by atoms with E-state index in [0.717, 1.165) is 24.8 Å². The van der Waals surface area contributed by atoms with Crippen LogP contribution in [0, 0.1) is 11.8 Å². The van der Waals surface area contributed by atoms with Gasteiger partial charge in [0.15, 0.2) is 0 Å². The smallest absolute Gasteiger partial charge is 0.312 e. The van der Waals surface area contributed by atoms with Crippen molar-refractivity contribution in [3.8, 4) is 0 Å². The minimum Gasteiger partial charge on any atom is -0.465 e. The Balaban J connectivity index is 1.82. The van der Waals surface area contributed by atoms with Crippen molar-refractivity contribution in [2.24, 2.45) is 11.8 Å². The summed E-state index contributed by atoms with van der Waals surface area (Å²) in [6.07, 6.45) is 8.24. The van der Waals surface area contributed by atoms with Gasteiger partial charge >= 0.3 is 5.97 Å². The lowest BCUT2D eigenvalue weighted by Gasteiger charge is -2.39. The summed E-state index contributed by atoms with van der Waals surface area (Å²) in [4.78, 5) is 45.9. The number of amides is 2. The molecule has 3 aliphatic heterocycles. The molecule has 3 fully saturated rings. The molecule has 0 saturated carbocycles. The lowest BCUT2D eigenvalue weighted by atomic mass is 9.65. The van der Waals surface area contributed by atoms with Gasteiger partial charge in [0.05, 0.1) is 30.8 Å². The number of likely N-dealkylation sites (tertiary alicyclic amines) is 1. The summed E-state index contributed by atoms with van der Waals surface area (Å²) in [6, 6.07) is 7.50. The molecule has 2 unspecified atom stereocenters. The predicted octanol–water partition coefficient (Wildman–Crippen LogP) is 4.20. The fraction of sp³-hybridized carbons (Fsp3) is 0.594. The maximum atomic E-state index is 14.5. The largest absolute Gasteiger partial charge is 0.465 e. The molecule has 1 spiro atoms. The molecule has 8 nitrogen and oxygen atoms in total. The van der Waals surface area contributed by atoms with E-state index in [2.05, 4.69) is 20.1 Å². The zero-order chi connectivity index (χ0) is 28.9. The van der Waals surface area contributed by atoms with Gasteiger partial charge in [-0.15, -0.1) is 13.2 Å². The second kappa shape index (κ2) is 12.7. The van der Waals surface area contributed by atoms with E-state index in [1.807, 2.05) is 37.3 Å². The van der Waals surface area contributed by atoms with Gasteiger partial charge in [-0.25, -0.2) is 0 Å². The fourth-order valence-corrected chi connectivity index (χ4v) is 7.16. The molecule has 0 radical (unpaired) electrons. The van der Waals surface area contributed by atoms with Crippen LogP contribution in [-0.2, 0) is 23.9 Å². The monoisotopic (exact) mass is 552 g/mol. The van der Waals surface area contributed by atoms with Gasteiger partial charge in [-0.3, -0.25) is 14.4 Å². The molecule has 3 saturated heterocycles. The average molecular weight is 553 g/mol. The van der Waals surface area contributed by atoms with Crippen LogP contribution in [0.25, 0.3) is 0 Å². The standard InChI is InChI=1S/C32H44N2O6/c1-5-9-14-20-33(19-7-3)29(37)27-32-18-17-31(8-4,40-32)26(30(38)39-21-10-6-2)25(32)28(36)34(27)24(22-35)23-15-12-11-13-16-23/h6-7,11-13,15-16,24-27,35H,2-3,5,8-10,14,17-22H2,1,4H3/t24-,25+,26+,27?,31-,32?/m1/s1. The van der Waals surface area contributed by atoms with Crippen LogP contribution in [0.15, 0.2) is 55.6 Å². The summed E-state index contributed by atoms with van der Waals surface area (Å²) < 4.78 is 12.5. The first-order chi connectivity index (χ1) is 19.4. The molecule has 1 aromatic carbocycles. The molecular weight excluding hydrogens is 508 g/mol. The number of fused-ring (bicyclic) bond motifs is 1. The molecular formula is C32H44N2O6. The van der Waals surface area contributed by atoms with Gasteiger partial charge in [0.1, 0.15) is 17.6 Å². The number of carbonyl (C=O) groups is 3. The number of ether oxygens (including phenoxy) is 2. The van der Waals surface area contributed by atoms with Gasteiger partial charge in [0, 0.05) is 13.1 Å². The highest BCUT2D eigenvalue weighted by atomic mass is 16.6. The molecule has 218 valence electrons. The molecule has 1 N–H and O–H groups in total. The highest BCUT2D eigenvalue weighted by molar-refractivity contribution is 5.99. The summed E-state index contributed by atoms with van der Waals surface area (Å²) in [7, 11) is 0. The first-order valence-corrected chi connectivity index (χ1v) is 14.7. The van der Waals surface area contributed by atoms with Crippen LogP contribution in [-0.4, -0.2) is 76.2 Å². The van der Waals surface area contributed by atoms with Crippen LogP contribution in [0.2, 0.25) is 0 Å². The SMILES string of the molecule is C=CCCOC(=O)[C@@H]1[C@H]2C(=O)N([C@H](CO)c3ccccc3)C(C(=O)N(CC=C)CCCCC)C23CC[C@@]1(CC)O3. The summed E-state index contributed by atoms with van der Waals surface area (Å²) in [5, 5.41) is 10.6. The Morgan fingerprint density at radius 1 is 1.20 bits per heavy atom. The van der Waals surface area contributed by atoms with Crippen molar-refractivity contribution >= 4 is 17.8 Å². The first-order valence-electron chi connectivity index (χ1n) is 14.7. The van der Waals surface area contributed by atoms with Crippen LogP contribution < -0.4 is 0 Å². The second-order valence-corrected chi connectivity index (χ2v) is 11.2. The Labute approximate surface area is 238 Å². The summed E-state index contributed by atoms with van der Waals surface area (Å²) in [6.45, 7) is 12.3. The maximum absolute atomic E-state index is 14.5. The lowest BCUT2D eigenvalue weighted by molar-refractivity contribution is -0.163. The third kappa shape index (κ3) is 5.00. The third-order valence-electron chi connectivity index (χ3n) is 9.06. The van der Waals surface area contributed by atoms with Gasteiger partial charge in [-0.1, -0.05) is 69.2 Å². The predicted molar refractivity (Wildman–Crippen MR) is 152 cm³/mol. The molecule has 8 heteroatoms. The van der Waals surface area contributed by atoms with E-state index in [9.17, 15) is 19.5 Å². The Morgan fingerprint density at radius 2 is 1.95 bits per heavy atom. The normalized spacial score (nSPS) is 29.2. The summed E-state index contributed by atoms with van der Waals surface area (Å²) in [5.41, 5.74) is -1.33. The van der Waals surface area contributed by atoms with Crippen LogP contribution in [0.4, 0.5) is 0 Å². The topological polar surface area (TPSA) is 96.4 Å². The summed E-state index contributed by atoms with van der Waals surface area (Å²) in [5.74, 6) is -2.73. The van der Waals surface area contributed by atoms with Crippen LogP contribution in [0.3, 0.4) is 0 Å². The fourth-order valence-electron chi connectivity index (χ4n) is 7.16. The van der Waals surface area contributed by atoms with Gasteiger partial charge in [-0.05, 0) is 37.7 Å². The molecule has 3 heterocycles. The van der Waals surface area contributed by atoms with Crippen LogP contribution >= 0.6 is 0 Å². The van der Waals surface area contributed by atoms with Crippen LogP contribution in [0.1, 0.15) is 70.4 Å². The summed E-state index contributed by atoms with van der Waals surface area (Å²) >= 11 is 0. The Kier molecular flexibility index (Phi) is 9.52. The van der Waals surface area contributed by atoms with Gasteiger partial charge in [-0.2, -0.15) is 0 Å². The number of nitrogens with zero attached hydrogens (tertiary/aromatic N) is 2. The number of hydrogen-bond acceptors (Lipinski definition) is 6. The number of benzene rings is 1. The van der Waals surface area contributed by atoms with Crippen molar-refractivity contribution in [1.82, 2.24) is 9.80 Å². The molecule has 40 heavy (non-hydrogen) atoms. The minimum atomic E-state index is -1.18. The van der Waals surface area contributed by atoms with Crippen molar-refractivity contribution in [3.63, 3.8) is 0 Å². The highest BCUT2D eigenvalue weighted by Gasteiger charge is 2.79. The van der Waals surface area contributed by atoms with E-state index in [1.165, 1.54) is 4.90 Å². The lowest BCUT2D eigenvalue weighted by Crippen LogP contribution is -2.57. The minimum absolute atomic E-state index is 0.173.